The van der Waals surface area contributed by atoms with E-state index >= 15 is 0 Å². The molecule has 13 heteroatoms. The molecular formula is C20H25F3N2O7S. The van der Waals surface area contributed by atoms with Gasteiger partial charge in [-0.1, -0.05) is 6.07 Å². The van der Waals surface area contributed by atoms with Crippen molar-refractivity contribution in [3.8, 4) is 5.75 Å². The van der Waals surface area contributed by atoms with Crippen LogP contribution in [0.15, 0.2) is 18.2 Å². The zero-order valence-electron chi connectivity index (χ0n) is 17.9. The maximum atomic E-state index is 13.0. The summed E-state index contributed by atoms with van der Waals surface area (Å²) >= 11 is 0. The quantitative estimate of drug-likeness (QED) is 0.332. The summed E-state index contributed by atoms with van der Waals surface area (Å²) < 4.78 is 75.5. The van der Waals surface area contributed by atoms with E-state index in [1.807, 2.05) is 4.90 Å². The lowest BCUT2D eigenvalue weighted by Gasteiger charge is -2.34. The molecule has 1 atom stereocenters. The first kappa shape index (κ1) is 25.2. The van der Waals surface area contributed by atoms with Gasteiger partial charge in [-0.05, 0) is 25.3 Å². The Labute approximate surface area is 189 Å². The number of alkyl halides is 3. The second-order valence-corrected chi connectivity index (χ2v) is 9.50. The number of benzene rings is 1. The van der Waals surface area contributed by atoms with Crippen LogP contribution in [0.3, 0.4) is 0 Å². The van der Waals surface area contributed by atoms with Crippen LogP contribution >= 0.6 is 0 Å². The maximum absolute atomic E-state index is 13.0. The number of piperidine rings is 2. The number of nitrogens with zero attached hydrogens (tertiary/aromatic N) is 1. The summed E-state index contributed by atoms with van der Waals surface area (Å²) in [4.78, 5) is 25.4. The minimum absolute atomic E-state index is 0.0341. The molecule has 2 amide bonds. The van der Waals surface area contributed by atoms with Gasteiger partial charge in [-0.25, -0.2) is 0 Å². The fraction of sp³-hybridized carbons (Fsp3) is 0.600. The first-order chi connectivity index (χ1) is 15.4. The minimum Gasteiger partial charge on any atom is -0.405 e. The highest BCUT2D eigenvalue weighted by molar-refractivity contribution is 7.85. The Hall–Kier alpha value is -2.38. The predicted octanol–water partition coefficient (Wildman–Crippen LogP) is 2.07. The van der Waals surface area contributed by atoms with Crippen molar-refractivity contribution >= 4 is 27.6 Å². The van der Waals surface area contributed by atoms with Gasteiger partial charge in [0, 0.05) is 36.8 Å². The highest BCUT2D eigenvalue weighted by Crippen LogP contribution is 2.38. The molecule has 0 spiro atoms. The molecule has 0 radical (unpaired) electrons. The van der Waals surface area contributed by atoms with Crippen LogP contribution in [-0.4, -0.2) is 65.3 Å². The van der Waals surface area contributed by atoms with Gasteiger partial charge in [-0.2, -0.15) is 8.42 Å². The van der Waals surface area contributed by atoms with Crippen molar-refractivity contribution in [1.29, 1.82) is 0 Å². The number of amides is 2. The predicted molar refractivity (Wildman–Crippen MR) is 110 cm³/mol. The summed E-state index contributed by atoms with van der Waals surface area (Å²) in [6.07, 6.45) is -2.81. The Morgan fingerprint density at radius 1 is 1.12 bits per heavy atom. The molecule has 1 aromatic carbocycles. The molecule has 0 aromatic heterocycles. The molecule has 2 fully saturated rings. The fourth-order valence-electron chi connectivity index (χ4n) is 3.89. The number of carbonyl (C=O) groups is 2. The molecule has 0 saturated carbocycles. The van der Waals surface area contributed by atoms with Crippen LogP contribution < -0.4 is 15.0 Å². The van der Waals surface area contributed by atoms with Crippen LogP contribution in [-0.2, 0) is 28.6 Å². The van der Waals surface area contributed by atoms with Crippen LogP contribution in [0.1, 0.15) is 37.2 Å². The van der Waals surface area contributed by atoms with Crippen molar-refractivity contribution in [3.05, 3.63) is 23.8 Å². The van der Waals surface area contributed by atoms with Gasteiger partial charge in [0.25, 0.3) is 10.1 Å². The smallest absolute Gasteiger partial charge is 0.405 e. The summed E-state index contributed by atoms with van der Waals surface area (Å²) in [7, 11) is -3.53. The molecular weight excluding hydrogens is 469 g/mol. The van der Waals surface area contributed by atoms with Crippen molar-refractivity contribution in [3.63, 3.8) is 0 Å². The highest BCUT2D eigenvalue weighted by Gasteiger charge is 2.36. The topological polar surface area (TPSA) is 111 Å². The summed E-state index contributed by atoms with van der Waals surface area (Å²) in [5, 5.41) is 2.15. The molecule has 1 N–H and O–H groups in total. The summed E-state index contributed by atoms with van der Waals surface area (Å²) in [6, 6.07) is 4.32. The number of hydrogen-bond donors (Lipinski definition) is 1. The largest absolute Gasteiger partial charge is 0.573 e. The molecule has 3 rings (SSSR count). The Morgan fingerprint density at radius 3 is 2.42 bits per heavy atom. The summed E-state index contributed by atoms with van der Waals surface area (Å²) in [6.45, 7) is 1.03. The van der Waals surface area contributed by atoms with Gasteiger partial charge in [0.1, 0.15) is 5.75 Å². The lowest BCUT2D eigenvalue weighted by molar-refractivity contribution is -0.275. The van der Waals surface area contributed by atoms with Gasteiger partial charge in [0.2, 0.25) is 11.8 Å². The fourth-order valence-corrected chi connectivity index (χ4v) is 4.26. The van der Waals surface area contributed by atoms with Crippen LogP contribution in [0.25, 0.3) is 0 Å². The van der Waals surface area contributed by atoms with Crippen LogP contribution in [0.4, 0.5) is 18.9 Å². The van der Waals surface area contributed by atoms with E-state index < -0.39 is 40.0 Å². The maximum Gasteiger partial charge on any atom is 0.573 e. The van der Waals surface area contributed by atoms with Crippen molar-refractivity contribution in [2.75, 3.05) is 37.5 Å². The third kappa shape index (κ3) is 7.57. The first-order valence-corrected chi connectivity index (χ1v) is 12.2. The average molecular weight is 494 g/mol. The van der Waals surface area contributed by atoms with Gasteiger partial charge < -0.3 is 14.4 Å². The molecule has 33 heavy (non-hydrogen) atoms. The number of halogens is 3. The summed E-state index contributed by atoms with van der Waals surface area (Å²) in [5.74, 6) is -2.49. The molecule has 2 saturated heterocycles. The average Bonchev–Trinajstić information content (AvgIpc) is 2.70. The lowest BCUT2D eigenvalue weighted by atomic mass is 9.89. The van der Waals surface area contributed by atoms with Gasteiger partial charge >= 0.3 is 6.36 Å². The van der Waals surface area contributed by atoms with Crippen molar-refractivity contribution in [1.82, 2.24) is 5.32 Å². The molecule has 184 valence electrons. The van der Waals surface area contributed by atoms with Crippen LogP contribution in [0.5, 0.6) is 5.75 Å². The van der Waals surface area contributed by atoms with E-state index in [2.05, 4.69) is 14.2 Å². The standard InChI is InChI=1S/C20H25F3N2O7S/c1-33(28,29)31-11-10-30-14-6-8-25(9-7-14)13-2-3-15(17(12-13)32-20(21,22)23)16-4-5-18(26)24-19(16)27/h2-3,12,14,16H,4-11H2,1H3,(H,24,26,27). The first-order valence-electron chi connectivity index (χ1n) is 10.4. The molecule has 2 aliphatic rings. The van der Waals surface area contributed by atoms with E-state index in [1.54, 1.807) is 6.07 Å². The number of nitrogens with one attached hydrogen (secondary N) is 1. The molecule has 0 bridgehead atoms. The van der Waals surface area contributed by atoms with E-state index in [0.717, 1.165) is 6.26 Å². The zero-order valence-corrected chi connectivity index (χ0v) is 18.7. The third-order valence-corrected chi connectivity index (χ3v) is 5.97. The molecule has 9 nitrogen and oxygen atoms in total. The van der Waals surface area contributed by atoms with Crippen molar-refractivity contribution in [2.24, 2.45) is 0 Å². The van der Waals surface area contributed by atoms with Gasteiger partial charge in [-0.3, -0.25) is 19.1 Å². The SMILES string of the molecule is CS(=O)(=O)OCCOC1CCN(c2ccc(C3CCC(=O)NC3=O)c(OC(F)(F)F)c2)CC1. The second-order valence-electron chi connectivity index (χ2n) is 7.86. The van der Waals surface area contributed by atoms with Crippen LogP contribution in [0.2, 0.25) is 0 Å². The minimum atomic E-state index is -4.94. The Bertz CT molecular complexity index is 976. The summed E-state index contributed by atoms with van der Waals surface area (Å²) in [5.41, 5.74) is 0.578. The van der Waals surface area contributed by atoms with E-state index in [4.69, 9.17) is 4.74 Å². The lowest BCUT2D eigenvalue weighted by Crippen LogP contribution is -2.40. The van der Waals surface area contributed by atoms with Crippen LogP contribution in [0, 0.1) is 0 Å². The Kier molecular flexibility index (Phi) is 7.85. The van der Waals surface area contributed by atoms with Gasteiger partial charge in [-0.15, -0.1) is 13.2 Å². The van der Waals surface area contributed by atoms with Gasteiger partial charge in [0.05, 0.1) is 31.5 Å². The number of anilines is 1. The number of ether oxygens (including phenoxy) is 2. The van der Waals surface area contributed by atoms with E-state index in [0.29, 0.717) is 31.6 Å². The highest BCUT2D eigenvalue weighted by atomic mass is 32.2. The Balaban J connectivity index is 1.66. The second kappa shape index (κ2) is 10.3. The normalized spacial score (nSPS) is 20.6. The molecule has 2 heterocycles. The number of imide groups is 1. The van der Waals surface area contributed by atoms with E-state index in [-0.39, 0.29) is 37.7 Å². The van der Waals surface area contributed by atoms with Crippen molar-refractivity contribution in [2.45, 2.75) is 44.1 Å². The van der Waals surface area contributed by atoms with E-state index in [9.17, 15) is 31.2 Å². The molecule has 1 aromatic rings. The zero-order chi connectivity index (χ0) is 24.2. The molecule has 0 aliphatic carbocycles. The monoisotopic (exact) mass is 494 g/mol. The molecule has 2 aliphatic heterocycles. The molecule has 1 unspecified atom stereocenters. The van der Waals surface area contributed by atoms with E-state index in [1.165, 1.54) is 12.1 Å². The van der Waals surface area contributed by atoms with Crippen molar-refractivity contribution < 1.29 is 44.8 Å². The number of hydrogen-bond acceptors (Lipinski definition) is 8. The van der Waals surface area contributed by atoms with Gasteiger partial charge in [0.15, 0.2) is 0 Å². The number of carbonyl (C=O) groups excluding carboxylic acids is 2. The Morgan fingerprint density at radius 2 is 1.82 bits per heavy atom. The number of rotatable bonds is 8. The third-order valence-electron chi connectivity index (χ3n) is 5.38.